The summed E-state index contributed by atoms with van der Waals surface area (Å²) < 4.78 is 0. The van der Waals surface area contributed by atoms with E-state index in [9.17, 15) is 14.7 Å². The van der Waals surface area contributed by atoms with Crippen molar-refractivity contribution in [3.63, 3.8) is 0 Å². The fraction of sp³-hybridized carbons (Fsp3) is 0.263. The summed E-state index contributed by atoms with van der Waals surface area (Å²) in [5, 5.41) is 18.9. The number of carbonyl (C=O) groups is 2. The highest BCUT2D eigenvalue weighted by atomic mass is 16.4. The smallest absolute Gasteiger partial charge is 0.303 e. The lowest BCUT2D eigenvalue weighted by molar-refractivity contribution is -0.137. The molecule has 5 nitrogen and oxygen atoms in total. The second-order valence-electron chi connectivity index (χ2n) is 5.73. The number of hydrogen-bond donors (Lipinski definition) is 2. The Morgan fingerprint density at radius 1 is 1.08 bits per heavy atom. The number of aromatic hydroxyl groups is 1. The van der Waals surface area contributed by atoms with Crippen molar-refractivity contribution in [1.29, 1.82) is 0 Å². The van der Waals surface area contributed by atoms with E-state index in [1.165, 1.54) is 0 Å². The van der Waals surface area contributed by atoms with Gasteiger partial charge in [0.15, 0.2) is 0 Å². The molecule has 0 aliphatic carbocycles. The molecular formula is C19H21NO4. The molecule has 0 atom stereocenters. The summed E-state index contributed by atoms with van der Waals surface area (Å²) >= 11 is 0. The Morgan fingerprint density at radius 3 is 2.42 bits per heavy atom. The molecule has 0 radical (unpaired) electrons. The third-order valence-corrected chi connectivity index (χ3v) is 3.71. The Labute approximate surface area is 141 Å². The van der Waals surface area contributed by atoms with Crippen LogP contribution < -0.4 is 0 Å². The third-order valence-electron chi connectivity index (χ3n) is 3.71. The van der Waals surface area contributed by atoms with E-state index < -0.39 is 5.97 Å². The summed E-state index contributed by atoms with van der Waals surface area (Å²) in [5.41, 5.74) is 2.05. The first kappa shape index (κ1) is 17.5. The van der Waals surface area contributed by atoms with E-state index in [1.54, 1.807) is 23.1 Å². The monoisotopic (exact) mass is 327 g/mol. The minimum Gasteiger partial charge on any atom is -0.507 e. The van der Waals surface area contributed by atoms with Crippen molar-refractivity contribution in [2.24, 2.45) is 0 Å². The maximum absolute atomic E-state index is 12.8. The Balaban J connectivity index is 2.19. The van der Waals surface area contributed by atoms with Gasteiger partial charge in [0.05, 0.1) is 5.56 Å². The number of phenolic OH excluding ortho intramolecular Hbond substituents is 1. The number of carboxylic acid groups (broad SMARTS) is 1. The highest BCUT2D eigenvalue weighted by Crippen LogP contribution is 2.21. The van der Waals surface area contributed by atoms with Crippen molar-refractivity contribution >= 4 is 11.9 Å². The number of benzene rings is 2. The van der Waals surface area contributed by atoms with Gasteiger partial charge in [-0.05, 0) is 36.6 Å². The number of nitrogens with zero attached hydrogens (tertiary/aromatic N) is 1. The van der Waals surface area contributed by atoms with Gasteiger partial charge in [-0.25, -0.2) is 0 Å². The molecule has 0 fully saturated rings. The zero-order chi connectivity index (χ0) is 17.5. The highest BCUT2D eigenvalue weighted by Gasteiger charge is 2.19. The first-order valence-corrected chi connectivity index (χ1v) is 7.82. The molecule has 0 bridgehead atoms. The summed E-state index contributed by atoms with van der Waals surface area (Å²) in [5.74, 6) is -1.25. The van der Waals surface area contributed by atoms with Gasteiger partial charge in [0.1, 0.15) is 5.75 Å². The zero-order valence-electron chi connectivity index (χ0n) is 13.6. The molecule has 0 spiro atoms. The number of carbonyl (C=O) groups excluding carboxylic acids is 1. The lowest BCUT2D eigenvalue weighted by Gasteiger charge is -2.23. The number of hydrogen-bond acceptors (Lipinski definition) is 3. The van der Waals surface area contributed by atoms with E-state index in [0.717, 1.165) is 11.1 Å². The lowest BCUT2D eigenvalue weighted by atomic mass is 10.1. The predicted octanol–water partition coefficient (Wildman–Crippen LogP) is 3.21. The second-order valence-corrected chi connectivity index (χ2v) is 5.73. The van der Waals surface area contributed by atoms with Crippen LogP contribution in [0.1, 0.15) is 34.3 Å². The van der Waals surface area contributed by atoms with E-state index in [2.05, 4.69) is 0 Å². The fourth-order valence-corrected chi connectivity index (χ4v) is 2.47. The van der Waals surface area contributed by atoms with Crippen molar-refractivity contribution in [2.45, 2.75) is 26.3 Å². The largest absolute Gasteiger partial charge is 0.507 e. The number of amides is 1. The fourth-order valence-electron chi connectivity index (χ4n) is 2.47. The average molecular weight is 327 g/mol. The number of rotatable bonds is 7. The molecule has 0 saturated carbocycles. The number of aliphatic carboxylic acids is 1. The third kappa shape index (κ3) is 4.84. The SMILES string of the molecule is Cc1ccc(C(=O)N(CCCC(=O)O)Cc2ccccc2)c(O)c1. The molecule has 0 aliphatic rings. The van der Waals surface area contributed by atoms with E-state index in [0.29, 0.717) is 19.5 Å². The van der Waals surface area contributed by atoms with E-state index in [1.807, 2.05) is 37.3 Å². The molecule has 5 heteroatoms. The maximum Gasteiger partial charge on any atom is 0.303 e. The van der Waals surface area contributed by atoms with Gasteiger partial charge in [0, 0.05) is 19.5 Å². The Morgan fingerprint density at radius 2 is 1.79 bits per heavy atom. The van der Waals surface area contributed by atoms with Crippen LogP contribution in [0, 0.1) is 6.92 Å². The molecule has 2 aromatic rings. The van der Waals surface area contributed by atoms with E-state index >= 15 is 0 Å². The van der Waals surface area contributed by atoms with Gasteiger partial charge in [-0.1, -0.05) is 36.4 Å². The minimum atomic E-state index is -0.889. The molecule has 0 unspecified atom stereocenters. The first-order valence-electron chi connectivity index (χ1n) is 7.82. The first-order chi connectivity index (χ1) is 11.5. The predicted molar refractivity (Wildman–Crippen MR) is 90.9 cm³/mol. The average Bonchev–Trinajstić information content (AvgIpc) is 2.54. The van der Waals surface area contributed by atoms with Crippen molar-refractivity contribution in [3.8, 4) is 5.75 Å². The van der Waals surface area contributed by atoms with Crippen molar-refractivity contribution in [1.82, 2.24) is 4.90 Å². The van der Waals surface area contributed by atoms with Gasteiger partial charge in [-0.3, -0.25) is 9.59 Å². The summed E-state index contributed by atoms with van der Waals surface area (Å²) in [7, 11) is 0. The molecule has 2 aromatic carbocycles. The standard InChI is InChI=1S/C19H21NO4/c1-14-9-10-16(17(21)12-14)19(24)20(11-5-8-18(22)23)13-15-6-3-2-4-7-15/h2-4,6-7,9-10,12,21H,5,8,11,13H2,1H3,(H,22,23). The molecule has 0 heterocycles. The van der Waals surface area contributed by atoms with Crippen LogP contribution >= 0.6 is 0 Å². The van der Waals surface area contributed by atoms with Crippen LogP contribution in [0.25, 0.3) is 0 Å². The summed E-state index contributed by atoms with van der Waals surface area (Å²) in [6.45, 7) is 2.52. The molecule has 0 aliphatic heterocycles. The Kier molecular flexibility index (Phi) is 5.95. The van der Waals surface area contributed by atoms with Crippen LogP contribution in [0.15, 0.2) is 48.5 Å². The van der Waals surface area contributed by atoms with E-state index in [-0.39, 0.29) is 23.6 Å². The van der Waals surface area contributed by atoms with Crippen LogP contribution in [0.5, 0.6) is 5.75 Å². The maximum atomic E-state index is 12.8. The van der Waals surface area contributed by atoms with Crippen LogP contribution in [0.3, 0.4) is 0 Å². The second kappa shape index (κ2) is 8.15. The molecule has 126 valence electrons. The quantitative estimate of drug-likeness (QED) is 0.818. The van der Waals surface area contributed by atoms with Gasteiger partial charge < -0.3 is 15.1 Å². The normalized spacial score (nSPS) is 10.4. The van der Waals surface area contributed by atoms with Gasteiger partial charge in [0.25, 0.3) is 5.91 Å². The van der Waals surface area contributed by atoms with Gasteiger partial charge in [-0.2, -0.15) is 0 Å². The zero-order valence-corrected chi connectivity index (χ0v) is 13.6. The van der Waals surface area contributed by atoms with Crippen LogP contribution in [-0.2, 0) is 11.3 Å². The molecule has 2 N–H and O–H groups in total. The van der Waals surface area contributed by atoms with Gasteiger partial charge in [0.2, 0.25) is 0 Å². The molecule has 2 rings (SSSR count). The molecule has 24 heavy (non-hydrogen) atoms. The molecule has 1 amide bonds. The van der Waals surface area contributed by atoms with Gasteiger partial charge in [-0.15, -0.1) is 0 Å². The highest BCUT2D eigenvalue weighted by molar-refractivity contribution is 5.96. The van der Waals surface area contributed by atoms with E-state index in [4.69, 9.17) is 5.11 Å². The van der Waals surface area contributed by atoms with Crippen molar-refractivity contribution in [2.75, 3.05) is 6.54 Å². The minimum absolute atomic E-state index is 0.00154. The Bertz CT molecular complexity index is 713. The number of aryl methyl sites for hydroxylation is 1. The molecule has 0 aromatic heterocycles. The topological polar surface area (TPSA) is 77.8 Å². The van der Waals surface area contributed by atoms with Crippen LogP contribution in [0.4, 0.5) is 0 Å². The summed E-state index contributed by atoms with van der Waals surface area (Å²) in [4.78, 5) is 25.1. The summed E-state index contributed by atoms with van der Waals surface area (Å²) in [6.07, 6.45) is 0.360. The van der Waals surface area contributed by atoms with Gasteiger partial charge >= 0.3 is 5.97 Å². The summed E-state index contributed by atoms with van der Waals surface area (Å²) in [6, 6.07) is 14.4. The molecule has 0 saturated heterocycles. The molecular weight excluding hydrogens is 306 g/mol. The Hall–Kier alpha value is -2.82. The number of phenols is 1. The van der Waals surface area contributed by atoms with Crippen LogP contribution in [-0.4, -0.2) is 33.5 Å². The van der Waals surface area contributed by atoms with Crippen molar-refractivity contribution in [3.05, 3.63) is 65.2 Å². The number of carboxylic acids is 1. The van der Waals surface area contributed by atoms with Crippen LogP contribution in [0.2, 0.25) is 0 Å². The van der Waals surface area contributed by atoms with Crippen molar-refractivity contribution < 1.29 is 19.8 Å². The lowest BCUT2D eigenvalue weighted by Crippen LogP contribution is -2.32.